The Bertz CT molecular complexity index is 1290. The Morgan fingerprint density at radius 1 is 0.886 bits per heavy atom. The molecule has 174 valence electrons. The number of carbonyl (C=O) groups is 1. The number of hydrogen-bond donors (Lipinski definition) is 2. The van der Waals surface area contributed by atoms with Crippen molar-refractivity contribution in [3.05, 3.63) is 113 Å². The number of aromatic nitrogens is 2. The second-order valence-electron chi connectivity index (χ2n) is 8.51. The van der Waals surface area contributed by atoms with Crippen LogP contribution >= 0.6 is 0 Å². The van der Waals surface area contributed by atoms with Crippen molar-refractivity contribution in [3.63, 3.8) is 0 Å². The van der Waals surface area contributed by atoms with Crippen LogP contribution in [0.4, 0.5) is 5.69 Å². The first-order chi connectivity index (χ1) is 17.0. The van der Waals surface area contributed by atoms with E-state index in [1.165, 1.54) is 0 Å². The van der Waals surface area contributed by atoms with E-state index in [0.717, 1.165) is 28.1 Å². The molecule has 0 aliphatic heterocycles. The molecule has 0 aliphatic carbocycles. The number of amides is 1. The van der Waals surface area contributed by atoms with Gasteiger partial charge in [-0.05, 0) is 60.4 Å². The molecule has 0 radical (unpaired) electrons. The van der Waals surface area contributed by atoms with E-state index in [4.69, 9.17) is 5.26 Å². The third kappa shape index (κ3) is 6.17. The Kier molecular flexibility index (Phi) is 7.61. The SMILES string of the molecule is Cc1ccc(-c2ccc(NC(=O)[C@@H](NC[C@@H](C)c3ccc(C#N)cc3)c3ccccc3)cc2)nn1. The number of hydrogen-bond acceptors (Lipinski definition) is 5. The van der Waals surface area contributed by atoms with Gasteiger partial charge in [-0.1, -0.05) is 61.5 Å². The first-order valence-electron chi connectivity index (χ1n) is 11.5. The monoisotopic (exact) mass is 461 g/mol. The number of benzene rings is 3. The lowest BCUT2D eigenvalue weighted by Gasteiger charge is -2.22. The van der Waals surface area contributed by atoms with E-state index in [-0.39, 0.29) is 11.8 Å². The van der Waals surface area contributed by atoms with Crippen LogP contribution in [0.1, 0.15) is 41.3 Å². The van der Waals surface area contributed by atoms with Crippen molar-refractivity contribution in [2.45, 2.75) is 25.8 Å². The molecular weight excluding hydrogens is 434 g/mol. The average Bonchev–Trinajstić information content (AvgIpc) is 2.90. The van der Waals surface area contributed by atoms with Crippen LogP contribution in [0.25, 0.3) is 11.3 Å². The molecule has 4 rings (SSSR count). The second kappa shape index (κ2) is 11.2. The molecule has 0 saturated carbocycles. The summed E-state index contributed by atoms with van der Waals surface area (Å²) in [6.07, 6.45) is 0. The fraction of sp³-hybridized carbons (Fsp3) is 0.172. The van der Waals surface area contributed by atoms with Gasteiger partial charge in [0.05, 0.1) is 23.0 Å². The van der Waals surface area contributed by atoms with Gasteiger partial charge in [-0.2, -0.15) is 15.5 Å². The minimum absolute atomic E-state index is 0.133. The topological polar surface area (TPSA) is 90.7 Å². The molecule has 0 unspecified atom stereocenters. The maximum Gasteiger partial charge on any atom is 0.246 e. The van der Waals surface area contributed by atoms with Gasteiger partial charge in [-0.25, -0.2) is 0 Å². The third-order valence-electron chi connectivity index (χ3n) is 5.88. The molecule has 0 spiro atoms. The number of nitrogens with one attached hydrogen (secondary N) is 2. The zero-order chi connectivity index (χ0) is 24.6. The Labute approximate surface area is 205 Å². The summed E-state index contributed by atoms with van der Waals surface area (Å²) < 4.78 is 0. The Morgan fingerprint density at radius 3 is 2.23 bits per heavy atom. The van der Waals surface area contributed by atoms with E-state index in [9.17, 15) is 4.79 Å². The summed E-state index contributed by atoms with van der Waals surface area (Å²) in [7, 11) is 0. The molecule has 2 N–H and O–H groups in total. The predicted octanol–water partition coefficient (Wildman–Crippen LogP) is 5.40. The summed E-state index contributed by atoms with van der Waals surface area (Å²) in [6, 6.07) is 30.3. The first-order valence-corrected chi connectivity index (χ1v) is 11.5. The van der Waals surface area contributed by atoms with Crippen LogP contribution in [0, 0.1) is 18.3 Å². The molecule has 6 heteroatoms. The minimum Gasteiger partial charge on any atom is -0.324 e. The van der Waals surface area contributed by atoms with Crippen LogP contribution in [0.3, 0.4) is 0 Å². The third-order valence-corrected chi connectivity index (χ3v) is 5.88. The van der Waals surface area contributed by atoms with Crippen LogP contribution < -0.4 is 10.6 Å². The van der Waals surface area contributed by atoms with E-state index in [1.807, 2.05) is 97.9 Å². The Balaban J connectivity index is 1.46. The molecule has 1 amide bonds. The summed E-state index contributed by atoms with van der Waals surface area (Å²) in [5.41, 5.74) is 5.93. The Morgan fingerprint density at radius 2 is 1.60 bits per heavy atom. The number of nitrogens with zero attached hydrogens (tertiary/aromatic N) is 3. The second-order valence-corrected chi connectivity index (χ2v) is 8.51. The average molecular weight is 462 g/mol. The van der Waals surface area contributed by atoms with Crippen LogP contribution in [-0.4, -0.2) is 22.6 Å². The highest BCUT2D eigenvalue weighted by molar-refractivity contribution is 5.95. The molecule has 0 fully saturated rings. The summed E-state index contributed by atoms with van der Waals surface area (Å²) in [5, 5.41) is 23.8. The normalized spacial score (nSPS) is 12.4. The lowest BCUT2D eigenvalue weighted by molar-refractivity contribution is -0.118. The van der Waals surface area contributed by atoms with E-state index < -0.39 is 6.04 Å². The Hall–Kier alpha value is -4.34. The minimum atomic E-state index is -0.514. The number of aryl methyl sites for hydroxylation is 1. The molecule has 3 aromatic carbocycles. The van der Waals surface area contributed by atoms with Crippen molar-refractivity contribution < 1.29 is 4.79 Å². The van der Waals surface area contributed by atoms with Gasteiger partial charge in [0.15, 0.2) is 0 Å². The van der Waals surface area contributed by atoms with Gasteiger partial charge >= 0.3 is 0 Å². The predicted molar refractivity (Wildman–Crippen MR) is 138 cm³/mol. The lowest BCUT2D eigenvalue weighted by atomic mass is 9.98. The fourth-order valence-corrected chi connectivity index (χ4v) is 3.80. The van der Waals surface area contributed by atoms with Crippen LogP contribution in [-0.2, 0) is 4.79 Å². The van der Waals surface area contributed by atoms with Crippen LogP contribution in [0.5, 0.6) is 0 Å². The van der Waals surface area contributed by atoms with Crippen molar-refractivity contribution in [2.24, 2.45) is 0 Å². The van der Waals surface area contributed by atoms with Gasteiger partial charge in [-0.15, -0.1) is 0 Å². The van der Waals surface area contributed by atoms with Crippen molar-refractivity contribution in [3.8, 4) is 17.3 Å². The summed E-state index contributed by atoms with van der Waals surface area (Å²) >= 11 is 0. The van der Waals surface area contributed by atoms with Crippen molar-refractivity contribution in [1.29, 1.82) is 5.26 Å². The quantitative estimate of drug-likeness (QED) is 0.367. The number of anilines is 1. The molecule has 0 aliphatic rings. The zero-order valence-electron chi connectivity index (χ0n) is 19.8. The van der Waals surface area contributed by atoms with Gasteiger partial charge in [0, 0.05) is 17.8 Å². The molecule has 4 aromatic rings. The summed E-state index contributed by atoms with van der Waals surface area (Å²) in [6.45, 7) is 4.60. The smallest absolute Gasteiger partial charge is 0.246 e. The number of carbonyl (C=O) groups excluding carboxylic acids is 1. The molecular formula is C29H27N5O. The maximum absolute atomic E-state index is 13.3. The zero-order valence-corrected chi connectivity index (χ0v) is 19.8. The van der Waals surface area contributed by atoms with E-state index in [0.29, 0.717) is 17.8 Å². The highest BCUT2D eigenvalue weighted by Crippen LogP contribution is 2.22. The highest BCUT2D eigenvalue weighted by atomic mass is 16.2. The van der Waals surface area contributed by atoms with Crippen molar-refractivity contribution in [2.75, 3.05) is 11.9 Å². The van der Waals surface area contributed by atoms with Gasteiger partial charge in [-0.3, -0.25) is 4.79 Å². The summed E-state index contributed by atoms with van der Waals surface area (Å²) in [4.78, 5) is 13.3. The fourth-order valence-electron chi connectivity index (χ4n) is 3.80. The lowest BCUT2D eigenvalue weighted by Crippen LogP contribution is -2.35. The van der Waals surface area contributed by atoms with Gasteiger partial charge in [0.1, 0.15) is 6.04 Å². The number of nitriles is 1. The van der Waals surface area contributed by atoms with E-state index >= 15 is 0 Å². The standard InChI is InChI=1S/C29H27N5O/c1-20(23-11-9-22(18-30)10-12-23)19-31-28(25-6-4-3-5-7-25)29(35)32-26-15-13-24(14-16-26)27-17-8-21(2)33-34-27/h3-17,20,28,31H,19H2,1-2H3,(H,32,35)/t20-,28+/m1/s1. The van der Waals surface area contributed by atoms with Gasteiger partial charge in [0.2, 0.25) is 5.91 Å². The highest BCUT2D eigenvalue weighted by Gasteiger charge is 2.21. The molecule has 0 bridgehead atoms. The number of rotatable bonds is 8. The molecule has 0 saturated heterocycles. The molecule has 2 atom stereocenters. The molecule has 6 nitrogen and oxygen atoms in total. The summed E-state index contributed by atoms with van der Waals surface area (Å²) in [5.74, 6) is 0.0303. The molecule has 35 heavy (non-hydrogen) atoms. The largest absolute Gasteiger partial charge is 0.324 e. The van der Waals surface area contributed by atoms with Crippen molar-refractivity contribution in [1.82, 2.24) is 15.5 Å². The van der Waals surface area contributed by atoms with Crippen molar-refractivity contribution >= 4 is 11.6 Å². The molecule has 1 aromatic heterocycles. The first kappa shape index (κ1) is 23.8. The van der Waals surface area contributed by atoms with Gasteiger partial charge < -0.3 is 10.6 Å². The van der Waals surface area contributed by atoms with Crippen LogP contribution in [0.2, 0.25) is 0 Å². The maximum atomic E-state index is 13.3. The molecule has 1 heterocycles. The van der Waals surface area contributed by atoms with E-state index in [2.05, 4.69) is 33.8 Å². The van der Waals surface area contributed by atoms with E-state index in [1.54, 1.807) is 0 Å². The van der Waals surface area contributed by atoms with Crippen LogP contribution in [0.15, 0.2) is 91.0 Å². The van der Waals surface area contributed by atoms with Gasteiger partial charge in [0.25, 0.3) is 0 Å².